The largest absolute Gasteiger partial charge is 0.378 e. The minimum Gasteiger partial charge on any atom is -0.378 e. The van der Waals surface area contributed by atoms with Gasteiger partial charge >= 0.3 is 0 Å². The summed E-state index contributed by atoms with van der Waals surface area (Å²) in [5.41, 5.74) is 4.47. The van der Waals surface area contributed by atoms with Crippen molar-refractivity contribution in [3.8, 4) is 0 Å². The van der Waals surface area contributed by atoms with E-state index in [1.165, 1.54) is 23.8 Å². The molecule has 7 heteroatoms. The minimum absolute atomic E-state index is 0.0731. The van der Waals surface area contributed by atoms with Crippen LogP contribution in [0.5, 0.6) is 0 Å². The third kappa shape index (κ3) is 4.57. The number of hydrogen-bond acceptors (Lipinski definition) is 4. The molecule has 1 atom stereocenters. The third-order valence-corrected chi connectivity index (χ3v) is 7.09. The number of halogens is 1. The van der Waals surface area contributed by atoms with Crippen LogP contribution in [0.2, 0.25) is 0 Å². The number of fused-ring (bicyclic) bond motifs is 1. The second kappa shape index (κ2) is 8.69. The molecular formula is C24H26FN3O2S. The van der Waals surface area contributed by atoms with Crippen molar-refractivity contribution in [3.05, 3.63) is 89.7 Å². The molecule has 0 radical (unpaired) electrons. The fourth-order valence-electron chi connectivity index (χ4n) is 4.00. The first-order valence-corrected chi connectivity index (χ1v) is 11.7. The van der Waals surface area contributed by atoms with Crippen LogP contribution < -0.4 is 14.5 Å². The predicted octanol–water partition coefficient (Wildman–Crippen LogP) is 3.97. The van der Waals surface area contributed by atoms with E-state index in [9.17, 15) is 12.8 Å². The van der Waals surface area contributed by atoms with E-state index in [1.54, 1.807) is 0 Å². The van der Waals surface area contributed by atoms with Gasteiger partial charge in [0.15, 0.2) is 0 Å². The number of anilines is 2. The molecule has 3 aromatic rings. The van der Waals surface area contributed by atoms with Crippen molar-refractivity contribution in [2.75, 3.05) is 37.0 Å². The summed E-state index contributed by atoms with van der Waals surface area (Å²) in [4.78, 5) is 4.20. The highest BCUT2D eigenvalue weighted by Crippen LogP contribution is 2.35. The van der Waals surface area contributed by atoms with Crippen LogP contribution >= 0.6 is 0 Å². The van der Waals surface area contributed by atoms with Gasteiger partial charge in [-0.15, -0.1) is 0 Å². The van der Waals surface area contributed by atoms with E-state index < -0.39 is 15.8 Å². The lowest BCUT2D eigenvalue weighted by molar-refractivity contribution is 0.560. The van der Waals surface area contributed by atoms with Gasteiger partial charge in [-0.05, 0) is 53.9 Å². The molecule has 0 amide bonds. The lowest BCUT2D eigenvalue weighted by atomic mass is 10.0. The van der Waals surface area contributed by atoms with E-state index in [0.717, 1.165) is 36.0 Å². The summed E-state index contributed by atoms with van der Waals surface area (Å²) in [6, 6.07) is 21.2. The second-order valence-electron chi connectivity index (χ2n) is 7.88. The Labute approximate surface area is 183 Å². The quantitative estimate of drug-likeness (QED) is 0.605. The lowest BCUT2D eigenvalue weighted by Crippen LogP contribution is -2.37. The molecule has 0 unspecified atom stereocenters. The maximum atomic E-state index is 13.6. The smallest absolute Gasteiger partial charge is 0.240 e. The monoisotopic (exact) mass is 439 g/mol. The third-order valence-electron chi connectivity index (χ3n) is 5.67. The molecule has 3 aromatic carbocycles. The Morgan fingerprint density at radius 3 is 2.48 bits per heavy atom. The summed E-state index contributed by atoms with van der Waals surface area (Å²) >= 11 is 0. The van der Waals surface area contributed by atoms with E-state index in [-0.39, 0.29) is 17.5 Å². The highest BCUT2D eigenvalue weighted by atomic mass is 32.2. The fraction of sp³-hybridized carbons (Fsp3) is 0.250. The highest BCUT2D eigenvalue weighted by Gasteiger charge is 2.28. The van der Waals surface area contributed by atoms with Gasteiger partial charge in [0.1, 0.15) is 5.82 Å². The molecule has 1 N–H and O–H groups in total. The Kier molecular flexibility index (Phi) is 5.98. The van der Waals surface area contributed by atoms with Crippen LogP contribution in [0.25, 0.3) is 0 Å². The average molecular weight is 440 g/mol. The van der Waals surface area contributed by atoms with Gasteiger partial charge < -0.3 is 9.80 Å². The molecule has 0 spiro atoms. The van der Waals surface area contributed by atoms with Crippen LogP contribution in [0.15, 0.2) is 77.7 Å². The molecule has 0 aromatic heterocycles. The van der Waals surface area contributed by atoms with E-state index in [0.29, 0.717) is 0 Å². The van der Waals surface area contributed by atoms with Gasteiger partial charge in [-0.25, -0.2) is 17.5 Å². The first-order valence-electron chi connectivity index (χ1n) is 10.2. The topological polar surface area (TPSA) is 52.7 Å². The van der Waals surface area contributed by atoms with Crippen LogP contribution in [0, 0.1) is 5.82 Å². The van der Waals surface area contributed by atoms with E-state index in [4.69, 9.17) is 0 Å². The van der Waals surface area contributed by atoms with E-state index >= 15 is 0 Å². The predicted molar refractivity (Wildman–Crippen MR) is 123 cm³/mol. The van der Waals surface area contributed by atoms with Gasteiger partial charge in [0.25, 0.3) is 0 Å². The number of sulfonamides is 1. The van der Waals surface area contributed by atoms with Gasteiger partial charge in [-0.3, -0.25) is 0 Å². The minimum atomic E-state index is -3.84. The van der Waals surface area contributed by atoms with Crippen LogP contribution in [-0.4, -0.2) is 35.6 Å². The fourth-order valence-corrected chi connectivity index (χ4v) is 5.07. The standard InChI is InChI=1S/C24H26FN3O2S/c1-27(2)21-12-10-19(11-13-21)24(28-15-14-18-6-3-4-9-23(18)28)17-26-31(29,30)22-8-5-7-20(25)16-22/h3-13,16,24,26H,14-15,17H2,1-2H3/t24-/m1/s1. The number of benzene rings is 3. The Bertz CT molecular complexity index is 1160. The van der Waals surface area contributed by atoms with Crippen LogP contribution in [0.4, 0.5) is 15.8 Å². The van der Waals surface area contributed by atoms with Crippen molar-refractivity contribution in [2.24, 2.45) is 0 Å². The SMILES string of the molecule is CN(C)c1ccc([C@@H](CNS(=O)(=O)c2cccc(F)c2)N2CCc3ccccc32)cc1. The van der Waals surface area contributed by atoms with Crippen molar-refractivity contribution >= 4 is 21.4 Å². The van der Waals surface area contributed by atoms with Crippen molar-refractivity contribution in [2.45, 2.75) is 17.4 Å². The van der Waals surface area contributed by atoms with E-state index in [1.807, 2.05) is 55.4 Å². The Balaban J connectivity index is 1.64. The van der Waals surface area contributed by atoms with Crippen LogP contribution in [0.3, 0.4) is 0 Å². The first-order chi connectivity index (χ1) is 14.8. The second-order valence-corrected chi connectivity index (χ2v) is 9.65. The molecule has 4 rings (SSSR count). The molecule has 1 aliphatic heterocycles. The van der Waals surface area contributed by atoms with E-state index in [2.05, 4.69) is 21.8 Å². The molecule has 0 bridgehead atoms. The molecule has 0 aliphatic carbocycles. The van der Waals surface area contributed by atoms with Crippen molar-refractivity contribution < 1.29 is 12.8 Å². The number of para-hydroxylation sites is 1. The maximum Gasteiger partial charge on any atom is 0.240 e. The van der Waals surface area contributed by atoms with Crippen molar-refractivity contribution in [3.63, 3.8) is 0 Å². The lowest BCUT2D eigenvalue weighted by Gasteiger charge is -2.31. The number of nitrogens with zero attached hydrogens (tertiary/aromatic N) is 2. The summed E-state index contributed by atoms with van der Waals surface area (Å²) < 4.78 is 41.9. The number of hydrogen-bond donors (Lipinski definition) is 1. The number of rotatable bonds is 7. The zero-order valence-corrected chi connectivity index (χ0v) is 18.4. The average Bonchev–Trinajstić information content (AvgIpc) is 3.18. The summed E-state index contributed by atoms with van der Waals surface area (Å²) in [6.07, 6.45) is 0.916. The first kappa shape index (κ1) is 21.3. The Hall–Kier alpha value is -2.90. The van der Waals surface area contributed by atoms with Gasteiger partial charge in [0.2, 0.25) is 10.0 Å². The Morgan fingerprint density at radius 2 is 1.77 bits per heavy atom. The summed E-state index contributed by atoms with van der Waals surface area (Å²) in [7, 11) is 0.126. The normalized spacial score (nSPS) is 14.4. The van der Waals surface area contributed by atoms with Gasteiger partial charge in [-0.2, -0.15) is 0 Å². The molecule has 1 aliphatic rings. The summed E-state index contributed by atoms with van der Waals surface area (Å²) in [6.45, 7) is 0.982. The van der Waals surface area contributed by atoms with Crippen molar-refractivity contribution in [1.82, 2.24) is 4.72 Å². The van der Waals surface area contributed by atoms with Gasteiger partial charge in [0.05, 0.1) is 10.9 Å². The summed E-state index contributed by atoms with van der Waals surface area (Å²) in [5, 5.41) is 0. The molecule has 31 heavy (non-hydrogen) atoms. The van der Waals surface area contributed by atoms with Gasteiger partial charge in [0, 0.05) is 38.6 Å². The van der Waals surface area contributed by atoms with Crippen LogP contribution in [0.1, 0.15) is 17.2 Å². The van der Waals surface area contributed by atoms with Gasteiger partial charge in [-0.1, -0.05) is 36.4 Å². The molecule has 0 saturated carbocycles. The molecule has 5 nitrogen and oxygen atoms in total. The zero-order valence-electron chi connectivity index (χ0n) is 17.6. The molecule has 1 heterocycles. The van der Waals surface area contributed by atoms with Crippen LogP contribution in [-0.2, 0) is 16.4 Å². The maximum absolute atomic E-state index is 13.6. The molecular weight excluding hydrogens is 413 g/mol. The Morgan fingerprint density at radius 1 is 1.03 bits per heavy atom. The molecule has 0 fully saturated rings. The van der Waals surface area contributed by atoms with Crippen molar-refractivity contribution in [1.29, 1.82) is 0 Å². The molecule has 162 valence electrons. The zero-order chi connectivity index (χ0) is 22.0. The summed E-state index contributed by atoms with van der Waals surface area (Å²) in [5.74, 6) is -0.577. The molecule has 0 saturated heterocycles. The highest BCUT2D eigenvalue weighted by molar-refractivity contribution is 7.89. The number of nitrogens with one attached hydrogen (secondary N) is 1.